The first-order chi connectivity index (χ1) is 8.74. The number of rotatable bonds is 2. The van der Waals surface area contributed by atoms with E-state index in [0.29, 0.717) is 11.7 Å². The Kier molecular flexibility index (Phi) is 3.13. The summed E-state index contributed by atoms with van der Waals surface area (Å²) in [7, 11) is 0. The minimum atomic E-state index is -0.362. The first-order valence-corrected chi connectivity index (χ1v) is 6.66. The van der Waals surface area contributed by atoms with Gasteiger partial charge in [-0.2, -0.15) is 4.98 Å². The van der Waals surface area contributed by atoms with Crippen LogP contribution in [0.1, 0.15) is 31.1 Å². The minimum absolute atomic E-state index is 0.0219. The molecular weight excluding hydrogens is 298 g/mol. The van der Waals surface area contributed by atoms with Crippen LogP contribution in [0.2, 0.25) is 0 Å². The third-order valence-corrected chi connectivity index (χ3v) is 3.64. The number of hydrogen-bond donors (Lipinski definition) is 1. The van der Waals surface area contributed by atoms with Gasteiger partial charge in [0.2, 0.25) is 11.7 Å². The van der Waals surface area contributed by atoms with Crippen LogP contribution in [0, 0.1) is 0 Å². The van der Waals surface area contributed by atoms with Gasteiger partial charge in [0.15, 0.2) is 0 Å². The Labute approximate surface area is 112 Å². The van der Waals surface area contributed by atoms with Crippen LogP contribution in [-0.2, 0) is 0 Å². The van der Waals surface area contributed by atoms with E-state index in [-0.39, 0.29) is 12.0 Å². The highest BCUT2D eigenvalue weighted by molar-refractivity contribution is 9.10. The van der Waals surface area contributed by atoms with Gasteiger partial charge < -0.3 is 9.63 Å². The summed E-state index contributed by atoms with van der Waals surface area (Å²) in [6, 6.07) is 1.88. The van der Waals surface area contributed by atoms with E-state index in [4.69, 9.17) is 4.52 Å². The predicted octanol–water partition coefficient (Wildman–Crippen LogP) is 2.52. The zero-order valence-corrected chi connectivity index (χ0v) is 11.2. The Hall–Kier alpha value is -1.27. The van der Waals surface area contributed by atoms with Crippen molar-refractivity contribution in [2.75, 3.05) is 0 Å². The fourth-order valence-corrected chi connectivity index (χ4v) is 2.63. The topological polar surface area (TPSA) is 72.0 Å². The quantitative estimate of drug-likeness (QED) is 0.923. The summed E-state index contributed by atoms with van der Waals surface area (Å²) in [4.78, 5) is 8.42. The zero-order chi connectivity index (χ0) is 12.5. The van der Waals surface area contributed by atoms with Gasteiger partial charge in [-0.3, -0.25) is 4.98 Å². The normalized spacial score (nSPS) is 23.4. The Bertz CT molecular complexity index is 558. The van der Waals surface area contributed by atoms with E-state index in [1.54, 1.807) is 12.4 Å². The molecule has 18 heavy (non-hydrogen) atoms. The molecule has 1 aliphatic carbocycles. The molecule has 1 aliphatic rings. The van der Waals surface area contributed by atoms with Crippen molar-refractivity contribution < 1.29 is 9.63 Å². The van der Waals surface area contributed by atoms with E-state index in [1.807, 2.05) is 6.07 Å². The van der Waals surface area contributed by atoms with E-state index in [9.17, 15) is 5.11 Å². The van der Waals surface area contributed by atoms with Crippen LogP contribution < -0.4 is 0 Å². The summed E-state index contributed by atoms with van der Waals surface area (Å²) in [5.74, 6) is 1.01. The second kappa shape index (κ2) is 4.78. The average Bonchev–Trinajstić information content (AvgIpc) is 2.97. The summed E-state index contributed by atoms with van der Waals surface area (Å²) in [5.41, 5.74) is 0.798. The van der Waals surface area contributed by atoms with Crippen LogP contribution in [0.15, 0.2) is 27.5 Å². The fraction of sp³-hybridized carbons (Fsp3) is 0.417. The van der Waals surface area contributed by atoms with Crippen molar-refractivity contribution in [3.05, 3.63) is 28.8 Å². The van der Waals surface area contributed by atoms with Crippen LogP contribution in [0.25, 0.3) is 11.4 Å². The first kappa shape index (κ1) is 11.8. The molecular formula is C12H12BrN3O2. The van der Waals surface area contributed by atoms with E-state index in [2.05, 4.69) is 31.1 Å². The van der Waals surface area contributed by atoms with Crippen LogP contribution in [0.5, 0.6) is 0 Å². The molecule has 2 aromatic rings. The number of hydrogen-bond acceptors (Lipinski definition) is 5. The number of aliphatic hydroxyl groups excluding tert-OH is 1. The summed E-state index contributed by atoms with van der Waals surface area (Å²) in [6.45, 7) is 0. The largest absolute Gasteiger partial charge is 0.392 e. The highest BCUT2D eigenvalue weighted by Crippen LogP contribution is 2.34. The molecule has 2 aromatic heterocycles. The van der Waals surface area contributed by atoms with Crippen molar-refractivity contribution in [2.45, 2.75) is 31.3 Å². The molecule has 0 saturated heterocycles. The lowest BCUT2D eigenvalue weighted by Crippen LogP contribution is -2.11. The first-order valence-electron chi connectivity index (χ1n) is 5.86. The number of pyridine rings is 1. The van der Waals surface area contributed by atoms with E-state index in [0.717, 1.165) is 29.3 Å². The Morgan fingerprint density at radius 3 is 2.94 bits per heavy atom. The van der Waals surface area contributed by atoms with Gasteiger partial charge in [0, 0.05) is 22.4 Å². The molecule has 94 valence electrons. The molecule has 0 bridgehead atoms. The van der Waals surface area contributed by atoms with Gasteiger partial charge in [-0.15, -0.1) is 0 Å². The van der Waals surface area contributed by atoms with E-state index in [1.165, 1.54) is 0 Å². The standard InChI is InChI=1S/C12H12BrN3O2/c13-8-4-7(5-14-6-8)11-15-12(18-16-11)9-2-1-3-10(9)17/h4-6,9-10,17H,1-3H2. The molecule has 0 aliphatic heterocycles. The minimum Gasteiger partial charge on any atom is -0.392 e. The maximum absolute atomic E-state index is 9.82. The van der Waals surface area contributed by atoms with Gasteiger partial charge in [-0.05, 0) is 41.3 Å². The smallest absolute Gasteiger partial charge is 0.232 e. The monoisotopic (exact) mass is 309 g/mol. The average molecular weight is 310 g/mol. The molecule has 0 aromatic carbocycles. The molecule has 1 fully saturated rings. The molecule has 1 N–H and O–H groups in total. The van der Waals surface area contributed by atoms with Crippen molar-refractivity contribution in [3.8, 4) is 11.4 Å². The summed E-state index contributed by atoms with van der Waals surface area (Å²) in [5, 5.41) is 13.8. The fourth-order valence-electron chi connectivity index (χ4n) is 2.27. The van der Waals surface area contributed by atoms with Gasteiger partial charge in [0.05, 0.1) is 12.0 Å². The van der Waals surface area contributed by atoms with Crippen molar-refractivity contribution in [1.29, 1.82) is 0 Å². The van der Waals surface area contributed by atoms with Crippen LogP contribution in [-0.4, -0.2) is 26.3 Å². The molecule has 0 amide bonds. The summed E-state index contributed by atoms with van der Waals surface area (Å²) in [6.07, 6.45) is 5.73. The maximum Gasteiger partial charge on any atom is 0.232 e. The zero-order valence-electron chi connectivity index (χ0n) is 9.58. The van der Waals surface area contributed by atoms with Gasteiger partial charge >= 0.3 is 0 Å². The molecule has 2 heterocycles. The molecule has 6 heteroatoms. The lowest BCUT2D eigenvalue weighted by molar-refractivity contribution is 0.148. The van der Waals surface area contributed by atoms with Gasteiger partial charge in [-0.1, -0.05) is 5.16 Å². The molecule has 2 atom stereocenters. The van der Waals surface area contributed by atoms with Crippen molar-refractivity contribution in [2.24, 2.45) is 0 Å². The Morgan fingerprint density at radius 2 is 2.22 bits per heavy atom. The molecule has 0 spiro atoms. The number of halogens is 1. The molecule has 0 radical (unpaired) electrons. The second-order valence-corrected chi connectivity index (χ2v) is 5.37. The lowest BCUT2D eigenvalue weighted by Gasteiger charge is -2.07. The molecule has 3 rings (SSSR count). The van der Waals surface area contributed by atoms with Gasteiger partial charge in [0.1, 0.15) is 0 Å². The van der Waals surface area contributed by atoms with E-state index < -0.39 is 0 Å². The summed E-state index contributed by atoms with van der Waals surface area (Å²) < 4.78 is 6.12. The number of aliphatic hydroxyl groups is 1. The van der Waals surface area contributed by atoms with Crippen molar-refractivity contribution in [1.82, 2.24) is 15.1 Å². The van der Waals surface area contributed by atoms with Crippen LogP contribution in [0.4, 0.5) is 0 Å². The number of nitrogens with zero attached hydrogens (tertiary/aromatic N) is 3. The second-order valence-electron chi connectivity index (χ2n) is 4.45. The van der Waals surface area contributed by atoms with Crippen molar-refractivity contribution in [3.63, 3.8) is 0 Å². The number of aromatic nitrogens is 3. The van der Waals surface area contributed by atoms with Gasteiger partial charge in [-0.25, -0.2) is 0 Å². The summed E-state index contributed by atoms with van der Waals surface area (Å²) >= 11 is 3.35. The SMILES string of the molecule is OC1CCCC1c1nc(-c2cncc(Br)c2)no1. The van der Waals surface area contributed by atoms with Crippen molar-refractivity contribution >= 4 is 15.9 Å². The van der Waals surface area contributed by atoms with Gasteiger partial charge in [0.25, 0.3) is 0 Å². The predicted molar refractivity (Wildman–Crippen MR) is 67.8 cm³/mol. The molecule has 5 nitrogen and oxygen atoms in total. The Balaban J connectivity index is 1.89. The lowest BCUT2D eigenvalue weighted by atomic mass is 10.1. The molecule has 1 saturated carbocycles. The van der Waals surface area contributed by atoms with E-state index >= 15 is 0 Å². The maximum atomic E-state index is 9.82. The highest BCUT2D eigenvalue weighted by Gasteiger charge is 2.31. The third kappa shape index (κ3) is 2.18. The van der Waals surface area contributed by atoms with Crippen LogP contribution >= 0.6 is 15.9 Å². The molecule has 2 unspecified atom stereocenters. The Morgan fingerprint density at radius 1 is 1.33 bits per heavy atom. The highest BCUT2D eigenvalue weighted by atomic mass is 79.9. The third-order valence-electron chi connectivity index (χ3n) is 3.20. The van der Waals surface area contributed by atoms with Crippen LogP contribution in [0.3, 0.4) is 0 Å².